The van der Waals surface area contributed by atoms with E-state index in [4.69, 9.17) is 0 Å². The minimum absolute atomic E-state index is 0.122. The fraction of sp³-hybridized carbons (Fsp3) is 0.143. The van der Waals surface area contributed by atoms with E-state index in [1.165, 1.54) is 134 Å². The second-order valence-corrected chi connectivity index (χ2v) is 25.7. The summed E-state index contributed by atoms with van der Waals surface area (Å²) in [6.45, 7) is 14.2. The molecule has 86 heavy (non-hydrogen) atoms. The highest BCUT2D eigenvalue weighted by molar-refractivity contribution is 6.11. The van der Waals surface area contributed by atoms with Crippen LogP contribution in [0, 0.1) is 11.8 Å². The van der Waals surface area contributed by atoms with Crippen molar-refractivity contribution >= 4 is 38.9 Å². The predicted octanol–water partition coefficient (Wildman–Crippen LogP) is 22.7. The fourth-order valence-electron chi connectivity index (χ4n) is 15.6. The first-order valence-electron chi connectivity index (χ1n) is 31.0. The van der Waals surface area contributed by atoms with Gasteiger partial charge in [-0.15, -0.1) is 0 Å². The van der Waals surface area contributed by atoms with Gasteiger partial charge >= 0.3 is 0 Å². The van der Waals surface area contributed by atoms with Crippen molar-refractivity contribution in [1.82, 2.24) is 4.57 Å². The molecule has 3 aliphatic carbocycles. The van der Waals surface area contributed by atoms with Crippen LogP contribution >= 0.6 is 0 Å². The van der Waals surface area contributed by atoms with Crippen LogP contribution in [-0.2, 0) is 10.8 Å². The lowest BCUT2D eigenvalue weighted by Gasteiger charge is -2.31. The molecule has 13 aromatic rings. The topological polar surface area (TPSA) is 8.17 Å². The van der Waals surface area contributed by atoms with Crippen molar-refractivity contribution in [3.05, 3.63) is 312 Å². The van der Waals surface area contributed by atoms with Crippen LogP contribution in [0.25, 0.3) is 94.3 Å². The summed E-state index contributed by atoms with van der Waals surface area (Å²) >= 11 is 0. The van der Waals surface area contributed by atoms with Crippen LogP contribution in [0.4, 0.5) is 17.1 Å². The molecule has 414 valence electrons. The predicted molar refractivity (Wildman–Crippen MR) is 363 cm³/mol. The molecule has 1 aromatic heterocycles. The van der Waals surface area contributed by atoms with Crippen molar-refractivity contribution in [2.24, 2.45) is 11.8 Å². The lowest BCUT2D eigenvalue weighted by Crippen LogP contribution is -2.26. The molecule has 0 amide bonds. The van der Waals surface area contributed by atoms with Gasteiger partial charge in [0.25, 0.3) is 0 Å². The Morgan fingerprint density at radius 2 is 0.791 bits per heavy atom. The molecule has 0 bridgehead atoms. The average molecular weight is 1110 g/mol. The largest absolute Gasteiger partial charge is 0.310 e. The third kappa shape index (κ3) is 7.92. The van der Waals surface area contributed by atoms with E-state index in [1.807, 2.05) is 0 Å². The minimum Gasteiger partial charge on any atom is -0.310 e. The molecule has 2 nitrogen and oxygen atoms in total. The molecule has 3 aliphatic rings. The molecular formula is C84H68N2. The number of hydrogen-bond donors (Lipinski definition) is 0. The van der Waals surface area contributed by atoms with E-state index in [-0.39, 0.29) is 5.41 Å². The summed E-state index contributed by atoms with van der Waals surface area (Å²) in [6, 6.07) is 103. The van der Waals surface area contributed by atoms with Gasteiger partial charge < -0.3 is 9.47 Å². The van der Waals surface area contributed by atoms with Gasteiger partial charge in [0.15, 0.2) is 0 Å². The van der Waals surface area contributed by atoms with Gasteiger partial charge in [-0.1, -0.05) is 242 Å². The molecule has 0 aliphatic heterocycles. The summed E-state index contributed by atoms with van der Waals surface area (Å²) in [7, 11) is 0. The lowest BCUT2D eigenvalue weighted by molar-refractivity contribution is 0.408. The summed E-state index contributed by atoms with van der Waals surface area (Å²) in [5, 5.41) is 2.47. The van der Waals surface area contributed by atoms with Crippen molar-refractivity contribution in [2.45, 2.75) is 64.7 Å². The SMILES string of the molecule is CC(C)CC(c1ccc(-c2ccc3c(c2)C2(c4ccccc4-3)c3ccccc3-c3ccc(-n4c5ccccc5c5cc(-c6ccc(N(c7ccc(-c8ccccc8)cc7)c7ccc8c(c7)C(C)(C)c7ccccc7-8)cc6)ccc54)cc32)cc1)C(C)C. The van der Waals surface area contributed by atoms with Gasteiger partial charge in [0.2, 0.25) is 0 Å². The summed E-state index contributed by atoms with van der Waals surface area (Å²) < 4.78 is 2.51. The molecule has 0 fully saturated rings. The molecule has 0 radical (unpaired) electrons. The molecule has 2 atom stereocenters. The van der Waals surface area contributed by atoms with Gasteiger partial charge in [0, 0.05) is 38.9 Å². The molecular weight excluding hydrogens is 1040 g/mol. The van der Waals surface area contributed by atoms with Crippen LogP contribution in [0.15, 0.2) is 273 Å². The van der Waals surface area contributed by atoms with Crippen LogP contribution in [0.5, 0.6) is 0 Å². The van der Waals surface area contributed by atoms with Crippen LogP contribution < -0.4 is 4.90 Å². The van der Waals surface area contributed by atoms with Gasteiger partial charge in [-0.2, -0.15) is 0 Å². The molecule has 0 saturated heterocycles. The minimum atomic E-state index is -0.508. The van der Waals surface area contributed by atoms with Crippen LogP contribution in [0.1, 0.15) is 92.8 Å². The maximum Gasteiger partial charge on any atom is 0.0726 e. The Balaban J connectivity index is 0.792. The number of anilines is 3. The number of hydrogen-bond acceptors (Lipinski definition) is 1. The third-order valence-electron chi connectivity index (χ3n) is 19.7. The Hall–Kier alpha value is -9.76. The van der Waals surface area contributed by atoms with E-state index < -0.39 is 5.41 Å². The zero-order valence-electron chi connectivity index (χ0n) is 49.8. The Kier molecular flexibility index (Phi) is 12.0. The quantitative estimate of drug-likeness (QED) is 0.125. The van der Waals surface area contributed by atoms with Crippen LogP contribution in [-0.4, -0.2) is 4.57 Å². The standard InChI is InChI=1S/C84H68N2/c1-53(2)48-73(54(3)4)59-30-28-57(29-31-59)61-36-44-70-67-21-11-15-25-76(67)84(79(70)50-61)77-26-16-12-22-68(77)71-46-43-65(52-80(71)84)86-81-27-17-13-23-72(81)74-49-60(37-47-82(74)86)58-34-40-63(41-35-58)85(62-38-32-56(33-39-62)55-18-8-7-9-19-55)64-42-45-69-66-20-10-14-24-75(66)83(5,6)78(69)51-64/h7-47,49-54,73H,48H2,1-6H3. The Bertz CT molecular complexity index is 4790. The second kappa shape index (κ2) is 19.9. The first-order chi connectivity index (χ1) is 42.0. The number of fused-ring (bicyclic) bond motifs is 16. The van der Waals surface area contributed by atoms with E-state index in [2.05, 4.69) is 324 Å². The number of nitrogens with zero attached hydrogens (tertiary/aromatic N) is 2. The molecule has 0 saturated carbocycles. The smallest absolute Gasteiger partial charge is 0.0726 e. The average Bonchev–Trinajstić information content (AvgIpc) is 1.53. The van der Waals surface area contributed by atoms with Gasteiger partial charge in [-0.25, -0.2) is 0 Å². The highest BCUT2D eigenvalue weighted by Gasteiger charge is 2.52. The zero-order chi connectivity index (χ0) is 58.0. The molecule has 0 N–H and O–H groups in total. The van der Waals surface area contributed by atoms with Gasteiger partial charge in [0.05, 0.1) is 16.4 Å². The van der Waals surface area contributed by atoms with E-state index in [0.717, 1.165) is 22.7 Å². The van der Waals surface area contributed by atoms with Gasteiger partial charge in [-0.05, 0) is 203 Å². The van der Waals surface area contributed by atoms with Crippen LogP contribution in [0.3, 0.4) is 0 Å². The summed E-state index contributed by atoms with van der Waals surface area (Å²) in [6.07, 6.45) is 1.20. The molecule has 2 unspecified atom stereocenters. The monoisotopic (exact) mass is 1100 g/mol. The molecule has 2 heteroatoms. The fourth-order valence-corrected chi connectivity index (χ4v) is 15.6. The van der Waals surface area contributed by atoms with E-state index >= 15 is 0 Å². The first kappa shape index (κ1) is 51.8. The molecule has 1 heterocycles. The van der Waals surface area contributed by atoms with Crippen molar-refractivity contribution < 1.29 is 0 Å². The number of benzene rings is 12. The second-order valence-electron chi connectivity index (χ2n) is 25.7. The van der Waals surface area contributed by atoms with Crippen LogP contribution in [0.2, 0.25) is 0 Å². The molecule has 12 aromatic carbocycles. The van der Waals surface area contributed by atoms with Crippen molar-refractivity contribution in [1.29, 1.82) is 0 Å². The number of aromatic nitrogens is 1. The highest BCUT2D eigenvalue weighted by Crippen LogP contribution is 2.64. The first-order valence-corrected chi connectivity index (χ1v) is 31.0. The zero-order valence-corrected chi connectivity index (χ0v) is 49.8. The van der Waals surface area contributed by atoms with Crippen molar-refractivity contribution in [2.75, 3.05) is 4.90 Å². The van der Waals surface area contributed by atoms with E-state index in [9.17, 15) is 0 Å². The summed E-state index contributed by atoms with van der Waals surface area (Å²) in [5.41, 5.74) is 31.0. The van der Waals surface area contributed by atoms with Crippen molar-refractivity contribution in [3.8, 4) is 72.4 Å². The summed E-state index contributed by atoms with van der Waals surface area (Å²) in [5.74, 6) is 1.78. The Labute approximate surface area is 506 Å². The van der Waals surface area contributed by atoms with Gasteiger partial charge in [0.1, 0.15) is 0 Å². The molecule has 1 spiro atoms. The van der Waals surface area contributed by atoms with Gasteiger partial charge in [-0.3, -0.25) is 0 Å². The number of rotatable bonds is 11. The Morgan fingerprint density at radius 1 is 0.337 bits per heavy atom. The van der Waals surface area contributed by atoms with E-state index in [0.29, 0.717) is 17.8 Å². The van der Waals surface area contributed by atoms with E-state index in [1.54, 1.807) is 0 Å². The molecule has 16 rings (SSSR count). The Morgan fingerprint density at radius 3 is 1.44 bits per heavy atom. The number of para-hydroxylation sites is 1. The third-order valence-corrected chi connectivity index (χ3v) is 19.7. The highest BCUT2D eigenvalue weighted by atomic mass is 15.1. The van der Waals surface area contributed by atoms with Crippen molar-refractivity contribution in [3.63, 3.8) is 0 Å². The summed E-state index contributed by atoms with van der Waals surface area (Å²) in [4.78, 5) is 2.42. The lowest BCUT2D eigenvalue weighted by atomic mass is 9.70. The maximum absolute atomic E-state index is 2.53. The maximum atomic E-state index is 2.53. The normalized spacial score (nSPS) is 15.2.